The van der Waals surface area contributed by atoms with Crippen LogP contribution in [0.5, 0.6) is 0 Å². The molecule has 0 bridgehead atoms. The van der Waals surface area contributed by atoms with Gasteiger partial charge in [0.1, 0.15) is 5.82 Å². The Labute approximate surface area is 171 Å². The van der Waals surface area contributed by atoms with Crippen molar-refractivity contribution in [2.45, 2.75) is 64.0 Å². The van der Waals surface area contributed by atoms with E-state index < -0.39 is 0 Å². The molecule has 27 heavy (non-hydrogen) atoms. The SMILES string of the molecule is CCCN1C(=NC2CCCCC2)SCC1CC(=O)Nc1ccc(F)cc1.Cl. The molecular weight excluding hydrogens is 385 g/mol. The van der Waals surface area contributed by atoms with Crippen LogP contribution in [-0.4, -0.2) is 40.4 Å². The van der Waals surface area contributed by atoms with Gasteiger partial charge in [-0.3, -0.25) is 9.79 Å². The number of halogens is 2. The van der Waals surface area contributed by atoms with Crippen LogP contribution in [0.2, 0.25) is 0 Å². The van der Waals surface area contributed by atoms with Gasteiger partial charge in [-0.2, -0.15) is 0 Å². The molecule has 1 aliphatic carbocycles. The molecule has 1 unspecified atom stereocenters. The number of amides is 1. The summed E-state index contributed by atoms with van der Waals surface area (Å²) in [4.78, 5) is 19.8. The van der Waals surface area contributed by atoms with Crippen LogP contribution in [0, 0.1) is 5.82 Å². The molecule has 7 heteroatoms. The Morgan fingerprint density at radius 3 is 2.63 bits per heavy atom. The standard InChI is InChI=1S/C20H28FN3OS.ClH/c1-2-12-24-18(13-19(25)22-17-10-8-15(21)9-11-17)14-26-20(24)23-16-6-4-3-5-7-16;/h8-11,16,18H,2-7,12-14H2,1H3,(H,22,25);1H. The Hall–Kier alpha value is -1.27. The third kappa shape index (κ3) is 6.39. The fraction of sp³-hybridized carbons (Fsp3) is 0.600. The summed E-state index contributed by atoms with van der Waals surface area (Å²) in [6.45, 7) is 3.10. The first kappa shape index (κ1) is 22.0. The average Bonchev–Trinajstić information content (AvgIpc) is 3.00. The Bertz CT molecular complexity index is 635. The average molecular weight is 414 g/mol. The number of rotatable bonds is 6. The van der Waals surface area contributed by atoms with Crippen LogP contribution in [0.15, 0.2) is 29.3 Å². The Morgan fingerprint density at radius 1 is 1.26 bits per heavy atom. The van der Waals surface area contributed by atoms with Gasteiger partial charge in [0.05, 0.1) is 6.04 Å². The van der Waals surface area contributed by atoms with Crippen LogP contribution >= 0.6 is 24.2 Å². The molecule has 2 aliphatic rings. The maximum absolute atomic E-state index is 13.0. The lowest BCUT2D eigenvalue weighted by molar-refractivity contribution is -0.116. The molecule has 1 heterocycles. The van der Waals surface area contributed by atoms with Crippen molar-refractivity contribution in [3.8, 4) is 0 Å². The summed E-state index contributed by atoms with van der Waals surface area (Å²) < 4.78 is 13.0. The number of thioether (sulfide) groups is 1. The van der Waals surface area contributed by atoms with Gasteiger partial charge in [0.25, 0.3) is 0 Å². The van der Waals surface area contributed by atoms with Crippen molar-refractivity contribution in [2.24, 2.45) is 4.99 Å². The molecule has 1 amide bonds. The van der Waals surface area contributed by atoms with Gasteiger partial charge in [0.2, 0.25) is 5.91 Å². The third-order valence-corrected chi connectivity index (χ3v) is 6.12. The lowest BCUT2D eigenvalue weighted by Crippen LogP contribution is -2.37. The molecule has 1 saturated carbocycles. The highest BCUT2D eigenvalue weighted by Gasteiger charge is 2.32. The largest absolute Gasteiger partial charge is 0.347 e. The maximum Gasteiger partial charge on any atom is 0.226 e. The van der Waals surface area contributed by atoms with Crippen LogP contribution in [-0.2, 0) is 4.79 Å². The molecule has 1 aromatic rings. The monoisotopic (exact) mass is 413 g/mol. The van der Waals surface area contributed by atoms with E-state index in [4.69, 9.17) is 4.99 Å². The van der Waals surface area contributed by atoms with E-state index >= 15 is 0 Å². The predicted octanol–water partition coefficient (Wildman–Crippen LogP) is 5.09. The summed E-state index contributed by atoms with van der Waals surface area (Å²) >= 11 is 1.79. The van der Waals surface area contributed by atoms with Crippen LogP contribution in [0.3, 0.4) is 0 Å². The predicted molar refractivity (Wildman–Crippen MR) is 114 cm³/mol. The molecule has 4 nitrogen and oxygen atoms in total. The number of benzene rings is 1. The van der Waals surface area contributed by atoms with Crippen molar-refractivity contribution < 1.29 is 9.18 Å². The van der Waals surface area contributed by atoms with Crippen molar-refractivity contribution in [3.05, 3.63) is 30.1 Å². The second-order valence-corrected chi connectivity index (χ2v) is 8.11. The topological polar surface area (TPSA) is 44.7 Å². The van der Waals surface area contributed by atoms with Crippen LogP contribution in [0.4, 0.5) is 10.1 Å². The zero-order valence-corrected chi connectivity index (χ0v) is 17.5. The summed E-state index contributed by atoms with van der Waals surface area (Å²) in [5, 5.41) is 4.00. The van der Waals surface area contributed by atoms with Crippen molar-refractivity contribution in [1.82, 2.24) is 4.90 Å². The highest BCUT2D eigenvalue weighted by Crippen LogP contribution is 2.29. The number of nitrogens with one attached hydrogen (secondary N) is 1. The number of amidine groups is 1. The van der Waals surface area contributed by atoms with Crippen LogP contribution in [0.1, 0.15) is 51.9 Å². The fourth-order valence-corrected chi connectivity index (χ4v) is 4.89. The molecule has 0 radical (unpaired) electrons. The summed E-state index contributed by atoms with van der Waals surface area (Å²) in [5.74, 6) is 0.581. The van der Waals surface area contributed by atoms with E-state index in [0.717, 1.165) is 23.9 Å². The highest BCUT2D eigenvalue weighted by atomic mass is 35.5. The summed E-state index contributed by atoms with van der Waals surface area (Å²) in [7, 11) is 0. The normalized spacial score (nSPS) is 21.9. The van der Waals surface area contributed by atoms with Crippen LogP contribution in [0.25, 0.3) is 0 Å². The Morgan fingerprint density at radius 2 is 1.96 bits per heavy atom. The third-order valence-electron chi connectivity index (χ3n) is 4.97. The molecule has 3 rings (SSSR count). The van der Waals surface area contributed by atoms with E-state index in [1.165, 1.54) is 44.2 Å². The zero-order chi connectivity index (χ0) is 18.4. The first-order chi connectivity index (χ1) is 12.7. The first-order valence-electron chi connectivity index (χ1n) is 9.68. The van der Waals surface area contributed by atoms with Crippen molar-refractivity contribution in [1.29, 1.82) is 0 Å². The van der Waals surface area contributed by atoms with Crippen molar-refractivity contribution >= 4 is 40.9 Å². The molecule has 2 fully saturated rings. The van der Waals surface area contributed by atoms with Gasteiger partial charge in [0, 0.05) is 30.4 Å². The van der Waals surface area contributed by atoms with Crippen molar-refractivity contribution in [2.75, 3.05) is 17.6 Å². The fourth-order valence-electron chi connectivity index (χ4n) is 3.63. The van der Waals surface area contributed by atoms with Gasteiger partial charge < -0.3 is 10.2 Å². The zero-order valence-electron chi connectivity index (χ0n) is 15.8. The van der Waals surface area contributed by atoms with Crippen molar-refractivity contribution in [3.63, 3.8) is 0 Å². The smallest absolute Gasteiger partial charge is 0.226 e. The number of hydrogen-bond acceptors (Lipinski definition) is 3. The second-order valence-electron chi connectivity index (χ2n) is 7.12. The van der Waals surface area contributed by atoms with Gasteiger partial charge in [-0.15, -0.1) is 12.4 Å². The van der Waals surface area contributed by atoms with Gasteiger partial charge in [-0.1, -0.05) is 37.9 Å². The maximum atomic E-state index is 13.0. The summed E-state index contributed by atoms with van der Waals surface area (Å²) in [6.07, 6.45) is 7.76. The molecule has 1 saturated heterocycles. The molecular formula is C20H29ClFN3OS. The van der Waals surface area contributed by atoms with E-state index in [1.54, 1.807) is 23.9 Å². The van der Waals surface area contributed by atoms with E-state index in [2.05, 4.69) is 17.1 Å². The first-order valence-corrected chi connectivity index (χ1v) is 10.7. The molecule has 1 atom stereocenters. The van der Waals surface area contributed by atoms with Gasteiger partial charge in [-0.25, -0.2) is 4.39 Å². The molecule has 150 valence electrons. The second kappa shape index (κ2) is 10.9. The number of anilines is 1. The molecule has 0 spiro atoms. The van der Waals surface area contributed by atoms with Gasteiger partial charge >= 0.3 is 0 Å². The number of nitrogens with zero attached hydrogens (tertiary/aromatic N) is 2. The van der Waals surface area contributed by atoms with E-state index in [-0.39, 0.29) is 30.2 Å². The molecule has 1 aliphatic heterocycles. The lowest BCUT2D eigenvalue weighted by atomic mass is 9.96. The van der Waals surface area contributed by atoms with Crippen LogP contribution < -0.4 is 5.32 Å². The summed E-state index contributed by atoms with van der Waals surface area (Å²) in [6, 6.07) is 6.55. The lowest BCUT2D eigenvalue weighted by Gasteiger charge is -2.27. The molecule has 0 aromatic heterocycles. The molecule has 1 aromatic carbocycles. The summed E-state index contributed by atoms with van der Waals surface area (Å²) in [5.41, 5.74) is 0.639. The van der Waals surface area contributed by atoms with E-state index in [9.17, 15) is 9.18 Å². The minimum atomic E-state index is -0.298. The van der Waals surface area contributed by atoms with Gasteiger partial charge in [0.15, 0.2) is 5.17 Å². The quantitative estimate of drug-likeness (QED) is 0.706. The number of aliphatic imine (C=N–C) groups is 1. The number of carbonyl (C=O) groups excluding carboxylic acids is 1. The van der Waals surface area contributed by atoms with E-state index in [0.29, 0.717) is 18.2 Å². The number of carbonyl (C=O) groups is 1. The van der Waals surface area contributed by atoms with Gasteiger partial charge in [-0.05, 0) is 43.5 Å². The van der Waals surface area contributed by atoms with E-state index in [1.807, 2.05) is 0 Å². The molecule has 1 N–H and O–H groups in total. The Balaban J connectivity index is 0.00000261. The number of hydrogen-bond donors (Lipinski definition) is 1. The minimum Gasteiger partial charge on any atom is -0.347 e. The Kier molecular flexibility index (Phi) is 8.90. The minimum absolute atomic E-state index is 0. The highest BCUT2D eigenvalue weighted by molar-refractivity contribution is 8.14.